The van der Waals surface area contributed by atoms with Gasteiger partial charge in [-0.2, -0.15) is 0 Å². The molecule has 2 heterocycles. The molecule has 2 atom stereocenters. The second-order valence-electron chi connectivity index (χ2n) is 5.56. The van der Waals surface area contributed by atoms with Gasteiger partial charge in [-0.15, -0.1) is 0 Å². The Hall–Kier alpha value is -1.42. The molecule has 2 aliphatic rings. The fraction of sp³-hybridized carbons (Fsp3) is 0.533. The molecule has 2 saturated heterocycles. The molecule has 3 nitrogen and oxygen atoms in total. The quantitative estimate of drug-likeness (QED) is 0.768. The zero-order valence-corrected chi connectivity index (χ0v) is 11.0. The van der Waals surface area contributed by atoms with Crippen molar-refractivity contribution in [3.63, 3.8) is 0 Å². The Kier molecular flexibility index (Phi) is 3.27. The minimum Gasteiger partial charge on any atom is -0.459 e. The first-order valence-electron chi connectivity index (χ1n) is 6.82. The first kappa shape index (κ1) is 12.6. The Morgan fingerprint density at radius 1 is 1.32 bits per heavy atom. The van der Waals surface area contributed by atoms with Crippen LogP contribution in [-0.4, -0.2) is 36.1 Å². The molecule has 0 aromatic heterocycles. The average molecular weight is 263 g/mol. The molecule has 2 fully saturated rings. The first-order chi connectivity index (χ1) is 9.13. The van der Waals surface area contributed by atoms with Crippen molar-refractivity contribution in [3.05, 3.63) is 35.6 Å². The van der Waals surface area contributed by atoms with E-state index in [1.807, 2.05) is 0 Å². The minimum absolute atomic E-state index is 0.0236. The summed E-state index contributed by atoms with van der Waals surface area (Å²) in [4.78, 5) is 14.4. The van der Waals surface area contributed by atoms with E-state index in [1.54, 1.807) is 6.07 Å². The molecule has 0 spiro atoms. The van der Waals surface area contributed by atoms with Crippen LogP contribution in [0.25, 0.3) is 0 Å². The second kappa shape index (κ2) is 4.93. The van der Waals surface area contributed by atoms with Gasteiger partial charge in [-0.1, -0.05) is 6.07 Å². The van der Waals surface area contributed by atoms with Gasteiger partial charge in [0.05, 0.1) is 5.56 Å². The van der Waals surface area contributed by atoms with Gasteiger partial charge in [-0.05, 0) is 38.1 Å². The van der Waals surface area contributed by atoms with Gasteiger partial charge in [0.2, 0.25) is 0 Å². The number of halogens is 1. The van der Waals surface area contributed by atoms with E-state index in [9.17, 15) is 9.18 Å². The monoisotopic (exact) mass is 263 g/mol. The number of ether oxygens (including phenoxy) is 1. The van der Waals surface area contributed by atoms with E-state index in [-0.39, 0.29) is 6.10 Å². The summed E-state index contributed by atoms with van der Waals surface area (Å²) in [5, 5.41) is 0. The molecule has 0 N–H and O–H groups in total. The number of fused-ring (bicyclic) bond motifs is 2. The van der Waals surface area contributed by atoms with Crippen LogP contribution in [0.1, 0.15) is 36.0 Å². The molecule has 102 valence electrons. The van der Waals surface area contributed by atoms with E-state index < -0.39 is 11.8 Å². The smallest absolute Gasteiger partial charge is 0.338 e. The fourth-order valence-corrected chi connectivity index (χ4v) is 3.29. The molecule has 4 heteroatoms. The van der Waals surface area contributed by atoms with E-state index in [0.29, 0.717) is 17.6 Å². The molecule has 2 aliphatic heterocycles. The molecule has 0 amide bonds. The van der Waals surface area contributed by atoms with Crippen molar-refractivity contribution in [1.82, 2.24) is 4.90 Å². The summed E-state index contributed by atoms with van der Waals surface area (Å²) >= 11 is 0. The number of rotatable bonds is 2. The number of hydrogen-bond donors (Lipinski definition) is 0. The van der Waals surface area contributed by atoms with Crippen LogP contribution in [0.15, 0.2) is 24.3 Å². The lowest BCUT2D eigenvalue weighted by Gasteiger charge is -2.35. The molecule has 3 rings (SSSR count). The molecule has 1 aromatic carbocycles. The zero-order valence-electron chi connectivity index (χ0n) is 11.0. The van der Waals surface area contributed by atoms with Crippen LogP contribution < -0.4 is 0 Å². The number of carbonyl (C=O) groups excluding carboxylic acids is 1. The lowest BCUT2D eigenvalue weighted by atomic mass is 10.0. The van der Waals surface area contributed by atoms with Crippen molar-refractivity contribution in [2.24, 2.45) is 0 Å². The van der Waals surface area contributed by atoms with Crippen molar-refractivity contribution in [2.75, 3.05) is 7.05 Å². The predicted molar refractivity (Wildman–Crippen MR) is 69.4 cm³/mol. The van der Waals surface area contributed by atoms with Crippen molar-refractivity contribution in [2.45, 2.75) is 43.9 Å². The maximum Gasteiger partial charge on any atom is 0.338 e. The summed E-state index contributed by atoms with van der Waals surface area (Å²) in [5.41, 5.74) is 0.297. The average Bonchev–Trinajstić information content (AvgIpc) is 2.62. The van der Waals surface area contributed by atoms with Gasteiger partial charge in [0.15, 0.2) is 0 Å². The number of nitrogens with zero attached hydrogens (tertiary/aromatic N) is 1. The summed E-state index contributed by atoms with van der Waals surface area (Å²) in [6, 6.07) is 6.74. The van der Waals surface area contributed by atoms with E-state index in [2.05, 4.69) is 11.9 Å². The van der Waals surface area contributed by atoms with Crippen molar-refractivity contribution in [1.29, 1.82) is 0 Å². The van der Waals surface area contributed by atoms with Gasteiger partial charge < -0.3 is 9.64 Å². The van der Waals surface area contributed by atoms with Gasteiger partial charge in [-0.3, -0.25) is 0 Å². The maximum absolute atomic E-state index is 13.1. The summed E-state index contributed by atoms with van der Waals surface area (Å²) < 4.78 is 18.6. The van der Waals surface area contributed by atoms with Crippen LogP contribution >= 0.6 is 0 Å². The van der Waals surface area contributed by atoms with E-state index >= 15 is 0 Å². The minimum atomic E-state index is -0.409. The third-order valence-corrected chi connectivity index (χ3v) is 4.39. The van der Waals surface area contributed by atoms with E-state index in [0.717, 1.165) is 12.8 Å². The third kappa shape index (κ3) is 2.50. The van der Waals surface area contributed by atoms with Crippen LogP contribution in [0, 0.1) is 5.82 Å². The van der Waals surface area contributed by atoms with Crippen LogP contribution in [0.4, 0.5) is 4.39 Å². The molecular weight excluding hydrogens is 245 g/mol. The Labute approximate surface area is 112 Å². The lowest BCUT2D eigenvalue weighted by Crippen LogP contribution is -2.43. The Morgan fingerprint density at radius 2 is 2.00 bits per heavy atom. The topological polar surface area (TPSA) is 29.5 Å². The SMILES string of the molecule is CN1C2CCC1CC(OC(=O)c1cccc(F)c1)C2. The van der Waals surface area contributed by atoms with Gasteiger partial charge in [0.1, 0.15) is 11.9 Å². The van der Waals surface area contributed by atoms with Crippen LogP contribution in [-0.2, 0) is 4.74 Å². The third-order valence-electron chi connectivity index (χ3n) is 4.39. The van der Waals surface area contributed by atoms with Crippen molar-refractivity contribution < 1.29 is 13.9 Å². The largest absolute Gasteiger partial charge is 0.459 e. The maximum atomic E-state index is 13.1. The predicted octanol–water partition coefficient (Wildman–Crippen LogP) is 2.61. The number of esters is 1. The second-order valence-corrected chi connectivity index (χ2v) is 5.56. The number of benzene rings is 1. The number of carbonyl (C=O) groups is 1. The highest BCUT2D eigenvalue weighted by molar-refractivity contribution is 5.89. The van der Waals surface area contributed by atoms with E-state index in [4.69, 9.17) is 4.74 Å². The standard InChI is InChI=1S/C15H18FNO2/c1-17-12-5-6-13(17)9-14(8-12)19-15(18)10-3-2-4-11(16)7-10/h2-4,7,12-14H,5-6,8-9H2,1H3. The first-order valence-corrected chi connectivity index (χ1v) is 6.82. The lowest BCUT2D eigenvalue weighted by molar-refractivity contribution is -0.000488. The number of hydrogen-bond acceptors (Lipinski definition) is 3. The van der Waals surface area contributed by atoms with Crippen LogP contribution in [0.2, 0.25) is 0 Å². The van der Waals surface area contributed by atoms with Crippen LogP contribution in [0.5, 0.6) is 0 Å². The summed E-state index contributed by atoms with van der Waals surface area (Å²) in [6.07, 6.45) is 4.15. The molecule has 2 unspecified atom stereocenters. The summed E-state index contributed by atoms with van der Waals surface area (Å²) in [6.45, 7) is 0. The van der Waals surface area contributed by atoms with Gasteiger partial charge in [-0.25, -0.2) is 9.18 Å². The fourth-order valence-electron chi connectivity index (χ4n) is 3.29. The molecule has 0 aliphatic carbocycles. The number of piperidine rings is 1. The molecule has 0 saturated carbocycles. The van der Waals surface area contributed by atoms with E-state index in [1.165, 1.54) is 31.0 Å². The molecule has 0 radical (unpaired) electrons. The van der Waals surface area contributed by atoms with Crippen molar-refractivity contribution >= 4 is 5.97 Å². The summed E-state index contributed by atoms with van der Waals surface area (Å²) in [5.74, 6) is -0.814. The Balaban J connectivity index is 1.65. The summed E-state index contributed by atoms with van der Waals surface area (Å²) in [7, 11) is 2.15. The highest BCUT2D eigenvalue weighted by Crippen LogP contribution is 2.35. The Morgan fingerprint density at radius 3 is 2.63 bits per heavy atom. The van der Waals surface area contributed by atoms with Gasteiger partial charge in [0, 0.05) is 24.9 Å². The Bertz CT molecular complexity index is 477. The molecule has 2 bridgehead atoms. The van der Waals surface area contributed by atoms with Gasteiger partial charge >= 0.3 is 5.97 Å². The normalized spacial score (nSPS) is 30.3. The zero-order chi connectivity index (χ0) is 13.4. The molecule has 19 heavy (non-hydrogen) atoms. The highest BCUT2D eigenvalue weighted by Gasteiger charge is 2.39. The molecule has 1 aromatic rings. The molecular formula is C15H18FNO2. The highest BCUT2D eigenvalue weighted by atomic mass is 19.1. The van der Waals surface area contributed by atoms with Gasteiger partial charge in [0.25, 0.3) is 0 Å². The van der Waals surface area contributed by atoms with Crippen LogP contribution in [0.3, 0.4) is 0 Å². The van der Waals surface area contributed by atoms with Crippen molar-refractivity contribution in [3.8, 4) is 0 Å².